The van der Waals surface area contributed by atoms with Gasteiger partial charge in [-0.15, -0.1) is 22.7 Å². The zero-order valence-electron chi connectivity index (χ0n) is 19.4. The molecule has 4 heterocycles. The van der Waals surface area contributed by atoms with Gasteiger partial charge < -0.3 is 20.5 Å². The van der Waals surface area contributed by atoms with Crippen LogP contribution in [0.1, 0.15) is 23.4 Å². The summed E-state index contributed by atoms with van der Waals surface area (Å²) in [5.74, 6) is 5.17. The number of halogens is 4. The van der Waals surface area contributed by atoms with Crippen LogP contribution >= 0.6 is 34.3 Å². The second-order valence-corrected chi connectivity index (χ2v) is 9.99. The number of carbonyl (C=O) groups is 1. The van der Waals surface area contributed by atoms with Crippen molar-refractivity contribution in [2.45, 2.75) is 31.7 Å². The molecule has 198 valence electrons. The molecular weight excluding hydrogens is 563 g/mol. The number of alkyl halides is 3. The van der Waals surface area contributed by atoms with Crippen molar-refractivity contribution in [1.29, 1.82) is 0 Å². The lowest BCUT2D eigenvalue weighted by molar-refractivity contribution is -0.192. The number of rotatable bonds is 5. The first-order chi connectivity index (χ1) is 18.2. The van der Waals surface area contributed by atoms with Gasteiger partial charge in [-0.3, -0.25) is 0 Å². The fourth-order valence-electron chi connectivity index (χ4n) is 3.26. The van der Waals surface area contributed by atoms with Crippen molar-refractivity contribution in [1.82, 2.24) is 20.3 Å². The fourth-order valence-corrected chi connectivity index (χ4v) is 4.96. The van der Waals surface area contributed by atoms with E-state index in [0.29, 0.717) is 17.4 Å². The Kier molecular flexibility index (Phi) is 9.01. The number of hydrogen-bond acceptors (Lipinski definition) is 9. The van der Waals surface area contributed by atoms with Gasteiger partial charge in [0.25, 0.3) is 0 Å². The molecule has 4 aromatic rings. The summed E-state index contributed by atoms with van der Waals surface area (Å²) in [6.45, 7) is 1.43. The number of thiophene rings is 1. The molecule has 0 amide bonds. The molecule has 0 radical (unpaired) electrons. The van der Waals surface area contributed by atoms with Gasteiger partial charge in [-0.1, -0.05) is 23.4 Å². The summed E-state index contributed by atoms with van der Waals surface area (Å²) in [7, 11) is 0. The van der Waals surface area contributed by atoms with E-state index in [1.54, 1.807) is 23.2 Å². The Balaban J connectivity index is 0.000000426. The Labute approximate surface area is 227 Å². The first-order valence-electron chi connectivity index (χ1n) is 11.0. The van der Waals surface area contributed by atoms with Gasteiger partial charge in [0, 0.05) is 11.1 Å². The summed E-state index contributed by atoms with van der Waals surface area (Å²) in [6, 6.07) is 7.88. The van der Waals surface area contributed by atoms with Gasteiger partial charge in [-0.2, -0.15) is 13.2 Å². The van der Waals surface area contributed by atoms with E-state index in [4.69, 9.17) is 26.2 Å². The molecule has 1 aliphatic rings. The van der Waals surface area contributed by atoms with Crippen LogP contribution in [0.3, 0.4) is 0 Å². The Morgan fingerprint density at radius 2 is 2.11 bits per heavy atom. The highest BCUT2D eigenvalue weighted by Crippen LogP contribution is 2.33. The van der Waals surface area contributed by atoms with Gasteiger partial charge >= 0.3 is 12.1 Å². The van der Waals surface area contributed by atoms with E-state index in [9.17, 15) is 13.2 Å². The van der Waals surface area contributed by atoms with Crippen molar-refractivity contribution in [3.05, 3.63) is 57.1 Å². The van der Waals surface area contributed by atoms with Crippen molar-refractivity contribution in [2.24, 2.45) is 0 Å². The lowest BCUT2D eigenvalue weighted by Crippen LogP contribution is -2.21. The van der Waals surface area contributed by atoms with Gasteiger partial charge in [0.2, 0.25) is 0 Å². The number of hydrogen-bond donors (Lipinski definition) is 3. The predicted octanol–water partition coefficient (Wildman–Crippen LogP) is 5.86. The van der Waals surface area contributed by atoms with Gasteiger partial charge in [0.05, 0.1) is 37.4 Å². The molecule has 5 rings (SSSR count). The summed E-state index contributed by atoms with van der Waals surface area (Å²) < 4.78 is 38.5. The monoisotopic (exact) mass is 581 g/mol. The van der Waals surface area contributed by atoms with Crippen LogP contribution in [-0.4, -0.2) is 44.8 Å². The highest BCUT2D eigenvalue weighted by atomic mass is 35.5. The average molecular weight is 582 g/mol. The van der Waals surface area contributed by atoms with Crippen molar-refractivity contribution in [3.8, 4) is 17.6 Å². The number of carboxylic acid groups (broad SMARTS) is 1. The van der Waals surface area contributed by atoms with Gasteiger partial charge in [-0.25, -0.2) is 19.7 Å². The second-order valence-electron chi connectivity index (χ2n) is 7.81. The topological polar surface area (TPSA) is 109 Å². The van der Waals surface area contributed by atoms with Crippen LogP contribution in [0, 0.1) is 11.8 Å². The van der Waals surface area contributed by atoms with Gasteiger partial charge in [0.15, 0.2) is 5.82 Å². The van der Waals surface area contributed by atoms with Crippen LogP contribution in [0.5, 0.6) is 5.75 Å². The zero-order chi connectivity index (χ0) is 27.1. The number of carboxylic acids is 1. The molecule has 1 fully saturated rings. The summed E-state index contributed by atoms with van der Waals surface area (Å²) in [5, 5.41) is 16.3. The first kappa shape index (κ1) is 27.6. The average Bonchev–Trinajstić information content (AvgIpc) is 3.64. The number of nitrogens with one attached hydrogen (secondary N) is 2. The van der Waals surface area contributed by atoms with E-state index in [1.165, 1.54) is 17.8 Å². The van der Waals surface area contributed by atoms with Crippen LogP contribution in [-0.2, 0) is 11.4 Å². The van der Waals surface area contributed by atoms with Crippen LogP contribution < -0.4 is 15.4 Å². The number of aliphatic carboxylic acids is 1. The summed E-state index contributed by atoms with van der Waals surface area (Å²) in [4.78, 5) is 22.9. The number of ether oxygens (including phenoxy) is 1. The van der Waals surface area contributed by atoms with E-state index in [-0.39, 0.29) is 6.04 Å². The van der Waals surface area contributed by atoms with E-state index >= 15 is 0 Å². The smallest absolute Gasteiger partial charge is 0.486 e. The maximum absolute atomic E-state index is 10.6. The van der Waals surface area contributed by atoms with Crippen molar-refractivity contribution < 1.29 is 27.8 Å². The highest BCUT2D eigenvalue weighted by molar-refractivity contribution is 7.20. The van der Waals surface area contributed by atoms with E-state index in [1.807, 2.05) is 29.6 Å². The SMILES string of the molecule is Clc1cc(Nc2ncnc3cc(C#C[C@H]4CCCN4)sc23)ccc1OCc1cscn1.O=C(O)C(F)(F)F. The Morgan fingerprint density at radius 3 is 2.76 bits per heavy atom. The van der Waals surface area contributed by atoms with E-state index < -0.39 is 12.1 Å². The molecule has 3 N–H and O–H groups in total. The minimum absolute atomic E-state index is 0.285. The largest absolute Gasteiger partial charge is 0.490 e. The van der Waals surface area contributed by atoms with Crippen molar-refractivity contribution in [2.75, 3.05) is 11.9 Å². The molecule has 1 atom stereocenters. The molecule has 8 nitrogen and oxygen atoms in total. The fraction of sp³-hybridized carbons (Fsp3) is 0.250. The van der Waals surface area contributed by atoms with Crippen molar-refractivity contribution in [3.63, 3.8) is 0 Å². The van der Waals surface area contributed by atoms with Crippen LogP contribution in [0.4, 0.5) is 24.7 Å². The number of aromatic nitrogens is 3. The van der Waals surface area contributed by atoms with Gasteiger partial charge in [0.1, 0.15) is 18.7 Å². The number of benzene rings is 1. The number of fused-ring (bicyclic) bond motifs is 1. The third-order valence-corrected chi connectivity index (χ3v) is 7.01. The summed E-state index contributed by atoms with van der Waals surface area (Å²) in [6.07, 6.45) is -1.24. The quantitative estimate of drug-likeness (QED) is 0.251. The lowest BCUT2D eigenvalue weighted by Gasteiger charge is -2.10. The Bertz CT molecular complexity index is 1460. The second kappa shape index (κ2) is 12.4. The maximum Gasteiger partial charge on any atom is 0.490 e. The normalized spacial score (nSPS) is 14.8. The molecule has 0 bridgehead atoms. The highest BCUT2D eigenvalue weighted by Gasteiger charge is 2.38. The lowest BCUT2D eigenvalue weighted by atomic mass is 10.2. The summed E-state index contributed by atoms with van der Waals surface area (Å²) >= 11 is 9.55. The Morgan fingerprint density at radius 1 is 1.29 bits per heavy atom. The standard InChI is InChI=1S/C22H18ClN5OS2.C2HF3O2/c23-18-8-15(4-6-20(18)29-10-16-11-30-13-27-16)28-22-21-19(25-12-26-22)9-17(31-21)5-3-14-2-1-7-24-14;3-2(4,5)1(6)7/h4,6,8-9,11-14,24H,1-2,7,10H2,(H,25,26,28);(H,6,7)/t14-;/m1./s1. The minimum Gasteiger partial charge on any atom is -0.486 e. The molecule has 1 saturated heterocycles. The van der Waals surface area contributed by atoms with Crippen LogP contribution in [0.25, 0.3) is 10.2 Å². The molecule has 0 saturated carbocycles. The molecule has 0 aliphatic carbocycles. The third kappa shape index (κ3) is 7.55. The molecule has 1 aliphatic heterocycles. The van der Waals surface area contributed by atoms with Crippen LogP contribution in [0.15, 0.2) is 41.5 Å². The molecular formula is C24H19ClF3N5O3S2. The minimum atomic E-state index is -5.08. The number of nitrogens with zero attached hydrogens (tertiary/aromatic N) is 3. The summed E-state index contributed by atoms with van der Waals surface area (Å²) in [5.41, 5.74) is 4.36. The third-order valence-electron chi connectivity index (χ3n) is 5.04. The first-order valence-corrected chi connectivity index (χ1v) is 13.2. The number of thiazole rings is 1. The molecule has 0 unspecified atom stereocenters. The Hall–Kier alpha value is -3.44. The van der Waals surface area contributed by atoms with E-state index in [0.717, 1.165) is 45.3 Å². The molecule has 38 heavy (non-hydrogen) atoms. The molecule has 1 aromatic carbocycles. The molecule has 0 spiro atoms. The molecule has 3 aromatic heterocycles. The zero-order valence-corrected chi connectivity index (χ0v) is 21.8. The number of anilines is 2. The predicted molar refractivity (Wildman–Crippen MR) is 140 cm³/mol. The van der Waals surface area contributed by atoms with Crippen molar-refractivity contribution >= 4 is 62.0 Å². The van der Waals surface area contributed by atoms with E-state index in [2.05, 4.69) is 37.4 Å². The van der Waals surface area contributed by atoms with Gasteiger partial charge in [-0.05, 0) is 43.7 Å². The maximum atomic E-state index is 10.6. The van der Waals surface area contributed by atoms with Crippen LogP contribution in [0.2, 0.25) is 5.02 Å². The molecule has 14 heteroatoms.